The summed E-state index contributed by atoms with van der Waals surface area (Å²) < 4.78 is 32.2. The first kappa shape index (κ1) is 14.7. The minimum atomic E-state index is -3.46. The molecule has 1 aromatic carbocycles. The van der Waals surface area contributed by atoms with Gasteiger partial charge in [0.2, 0.25) is 10.0 Å². The number of oxazole rings is 1. The van der Waals surface area contributed by atoms with E-state index >= 15 is 0 Å². The number of benzene rings is 1. The monoisotopic (exact) mass is 294 g/mol. The van der Waals surface area contributed by atoms with Crippen LogP contribution in [-0.2, 0) is 10.0 Å². The fourth-order valence-corrected chi connectivity index (χ4v) is 3.04. The maximum Gasteiger partial charge on any atom is 0.240 e. The Hall–Kier alpha value is -1.66. The predicted octanol–water partition coefficient (Wildman–Crippen LogP) is 2.73. The first-order chi connectivity index (χ1) is 9.42. The first-order valence-electron chi connectivity index (χ1n) is 6.47. The smallest absolute Gasteiger partial charge is 0.240 e. The molecule has 1 N–H and O–H groups in total. The van der Waals surface area contributed by atoms with Gasteiger partial charge in [0.15, 0.2) is 11.7 Å². The Balaban J connectivity index is 2.24. The van der Waals surface area contributed by atoms with Crippen molar-refractivity contribution in [1.82, 2.24) is 9.71 Å². The zero-order valence-electron chi connectivity index (χ0n) is 11.8. The largest absolute Gasteiger partial charge is 0.441 e. The third-order valence-corrected chi connectivity index (χ3v) is 4.64. The minimum absolute atomic E-state index is 0.0865. The van der Waals surface area contributed by atoms with Gasteiger partial charge in [-0.1, -0.05) is 6.92 Å². The van der Waals surface area contributed by atoms with Crippen molar-refractivity contribution in [2.24, 2.45) is 0 Å². The van der Waals surface area contributed by atoms with E-state index in [9.17, 15) is 8.42 Å². The van der Waals surface area contributed by atoms with Gasteiger partial charge in [0.25, 0.3) is 0 Å². The summed E-state index contributed by atoms with van der Waals surface area (Å²) in [7, 11) is -3.46. The molecule has 108 valence electrons. The average Bonchev–Trinajstić information content (AvgIpc) is 2.85. The Bertz CT molecular complexity index is 675. The number of aromatic nitrogens is 1. The van der Waals surface area contributed by atoms with Crippen molar-refractivity contribution < 1.29 is 12.8 Å². The lowest BCUT2D eigenvalue weighted by Gasteiger charge is -2.12. The van der Waals surface area contributed by atoms with Crippen LogP contribution in [0.3, 0.4) is 0 Å². The van der Waals surface area contributed by atoms with Crippen LogP contribution in [0.1, 0.15) is 26.2 Å². The van der Waals surface area contributed by atoms with E-state index in [1.54, 1.807) is 37.4 Å². The van der Waals surface area contributed by atoms with Crippen LogP contribution in [0.4, 0.5) is 0 Å². The van der Waals surface area contributed by atoms with Crippen LogP contribution in [0.5, 0.6) is 0 Å². The summed E-state index contributed by atoms with van der Waals surface area (Å²) in [5, 5.41) is 0. The van der Waals surface area contributed by atoms with Crippen LogP contribution >= 0.6 is 0 Å². The molecule has 1 aromatic heterocycles. The van der Waals surface area contributed by atoms with Crippen molar-refractivity contribution >= 4 is 10.0 Å². The van der Waals surface area contributed by atoms with Gasteiger partial charge in [-0.3, -0.25) is 0 Å². The van der Waals surface area contributed by atoms with Crippen molar-refractivity contribution in [3.63, 3.8) is 0 Å². The molecule has 6 heteroatoms. The van der Waals surface area contributed by atoms with E-state index in [1.165, 1.54) is 0 Å². The normalized spacial score (nSPS) is 13.3. The van der Waals surface area contributed by atoms with Crippen molar-refractivity contribution in [3.8, 4) is 11.3 Å². The summed E-state index contributed by atoms with van der Waals surface area (Å²) in [6.45, 7) is 5.53. The standard InChI is InChI=1S/C14H18N2O3S/c1-4-10(2)16-20(17,18)13-7-5-12(6-8-13)14-9-15-11(3)19-14/h5-10,16H,4H2,1-3H3/t10-/m0/s1. The molecule has 0 unspecified atom stereocenters. The quantitative estimate of drug-likeness (QED) is 0.920. The number of hydrogen-bond acceptors (Lipinski definition) is 4. The molecule has 0 amide bonds. The average molecular weight is 294 g/mol. The van der Waals surface area contributed by atoms with Crippen LogP contribution in [0.2, 0.25) is 0 Å². The van der Waals surface area contributed by atoms with E-state index in [0.717, 1.165) is 12.0 Å². The van der Waals surface area contributed by atoms with Crippen molar-refractivity contribution in [1.29, 1.82) is 0 Å². The molecule has 0 aliphatic carbocycles. The molecule has 1 atom stereocenters. The number of aryl methyl sites for hydroxylation is 1. The summed E-state index contributed by atoms with van der Waals surface area (Å²) in [5.41, 5.74) is 0.799. The second-order valence-electron chi connectivity index (χ2n) is 4.70. The number of nitrogens with zero attached hydrogens (tertiary/aromatic N) is 1. The van der Waals surface area contributed by atoms with Gasteiger partial charge < -0.3 is 4.42 Å². The lowest BCUT2D eigenvalue weighted by atomic mass is 10.2. The Morgan fingerprint density at radius 3 is 2.45 bits per heavy atom. The molecule has 0 aliphatic rings. The first-order valence-corrected chi connectivity index (χ1v) is 7.96. The third kappa shape index (κ3) is 3.26. The van der Waals surface area contributed by atoms with Gasteiger partial charge in [-0.25, -0.2) is 18.1 Å². The highest BCUT2D eigenvalue weighted by Crippen LogP contribution is 2.22. The fraction of sp³-hybridized carbons (Fsp3) is 0.357. The number of nitrogens with one attached hydrogen (secondary N) is 1. The van der Waals surface area contributed by atoms with Gasteiger partial charge in [0, 0.05) is 18.5 Å². The van der Waals surface area contributed by atoms with Gasteiger partial charge >= 0.3 is 0 Å². The summed E-state index contributed by atoms with van der Waals surface area (Å²) >= 11 is 0. The second-order valence-corrected chi connectivity index (χ2v) is 6.41. The SMILES string of the molecule is CC[C@H](C)NS(=O)(=O)c1ccc(-c2cnc(C)o2)cc1. The van der Waals surface area contributed by atoms with Crippen LogP contribution in [0.15, 0.2) is 39.8 Å². The molecule has 5 nitrogen and oxygen atoms in total. The zero-order chi connectivity index (χ0) is 14.8. The highest BCUT2D eigenvalue weighted by molar-refractivity contribution is 7.89. The van der Waals surface area contributed by atoms with Crippen molar-refractivity contribution in [2.75, 3.05) is 0 Å². The Kier molecular flexibility index (Phi) is 4.25. The molecule has 2 aromatic rings. The van der Waals surface area contributed by atoms with E-state index in [4.69, 9.17) is 4.42 Å². The summed E-state index contributed by atoms with van der Waals surface area (Å²) in [6.07, 6.45) is 2.37. The molecule has 2 rings (SSSR count). The molecule has 0 spiro atoms. The maximum absolute atomic E-state index is 12.1. The third-order valence-electron chi connectivity index (χ3n) is 3.04. The molecule has 0 aliphatic heterocycles. The summed E-state index contributed by atoms with van der Waals surface area (Å²) in [5.74, 6) is 1.21. The van der Waals surface area contributed by atoms with Gasteiger partial charge in [0.05, 0.1) is 11.1 Å². The van der Waals surface area contributed by atoms with Crippen molar-refractivity contribution in [3.05, 3.63) is 36.4 Å². The zero-order valence-corrected chi connectivity index (χ0v) is 12.6. The Morgan fingerprint density at radius 1 is 1.30 bits per heavy atom. The van der Waals surface area contributed by atoms with E-state index in [0.29, 0.717) is 11.7 Å². The molecule has 20 heavy (non-hydrogen) atoms. The van der Waals surface area contributed by atoms with Crippen molar-refractivity contribution in [2.45, 2.75) is 38.1 Å². The lowest BCUT2D eigenvalue weighted by molar-refractivity contribution is 0.534. The predicted molar refractivity (Wildman–Crippen MR) is 76.8 cm³/mol. The topological polar surface area (TPSA) is 72.2 Å². The number of sulfonamides is 1. The highest BCUT2D eigenvalue weighted by Gasteiger charge is 2.16. The molecule has 0 saturated heterocycles. The van der Waals surface area contributed by atoms with Gasteiger partial charge in [0.1, 0.15) is 0 Å². The van der Waals surface area contributed by atoms with Crippen LogP contribution in [-0.4, -0.2) is 19.4 Å². The molecule has 0 fully saturated rings. The molecule has 0 bridgehead atoms. The summed E-state index contributed by atoms with van der Waals surface area (Å²) in [4.78, 5) is 4.27. The van der Waals surface area contributed by atoms with Crippen LogP contribution < -0.4 is 4.72 Å². The number of rotatable bonds is 5. The lowest BCUT2D eigenvalue weighted by Crippen LogP contribution is -2.31. The molecular formula is C14H18N2O3S. The number of hydrogen-bond donors (Lipinski definition) is 1. The van der Waals surface area contributed by atoms with E-state index in [1.807, 2.05) is 13.8 Å². The molecule has 0 radical (unpaired) electrons. The van der Waals surface area contributed by atoms with Crippen LogP contribution in [0.25, 0.3) is 11.3 Å². The van der Waals surface area contributed by atoms with E-state index in [-0.39, 0.29) is 10.9 Å². The minimum Gasteiger partial charge on any atom is -0.441 e. The Morgan fingerprint density at radius 2 is 1.95 bits per heavy atom. The van der Waals surface area contributed by atoms with E-state index < -0.39 is 10.0 Å². The summed E-state index contributed by atoms with van der Waals surface area (Å²) in [6, 6.07) is 6.48. The second kappa shape index (κ2) is 5.76. The molecular weight excluding hydrogens is 276 g/mol. The highest BCUT2D eigenvalue weighted by atomic mass is 32.2. The van der Waals surface area contributed by atoms with Gasteiger partial charge in [-0.2, -0.15) is 0 Å². The Labute approximate surface area is 119 Å². The molecule has 0 saturated carbocycles. The van der Waals surface area contributed by atoms with Crippen LogP contribution in [0, 0.1) is 6.92 Å². The van der Waals surface area contributed by atoms with E-state index in [2.05, 4.69) is 9.71 Å². The molecule has 1 heterocycles. The maximum atomic E-state index is 12.1. The van der Waals surface area contributed by atoms with Gasteiger partial charge in [-0.05, 0) is 37.6 Å². The van der Waals surface area contributed by atoms with Gasteiger partial charge in [-0.15, -0.1) is 0 Å². The fourth-order valence-electron chi connectivity index (χ4n) is 1.71.